The van der Waals surface area contributed by atoms with Gasteiger partial charge in [-0.3, -0.25) is 9.78 Å². The molecule has 0 bridgehead atoms. The molecule has 0 atom stereocenters. The number of aryl methyl sites for hydroxylation is 1. The van der Waals surface area contributed by atoms with Gasteiger partial charge >= 0.3 is 0 Å². The lowest BCUT2D eigenvalue weighted by molar-refractivity contribution is 0.108. The molecule has 88 valence electrons. The Balaban J connectivity index is 2.55. The molecule has 0 fully saturated rings. The van der Waals surface area contributed by atoms with Gasteiger partial charge in [-0.15, -0.1) is 0 Å². The van der Waals surface area contributed by atoms with E-state index in [1.807, 2.05) is 43.3 Å². The normalized spacial score (nSPS) is 11.0. The van der Waals surface area contributed by atoms with Gasteiger partial charge < -0.3 is 0 Å². The molecule has 0 radical (unpaired) electrons. The van der Waals surface area contributed by atoms with E-state index in [1.165, 1.54) is 0 Å². The minimum Gasteiger partial charge on any atom is -0.276 e. The molecule has 0 saturated carbocycles. The molecule has 1 aromatic heterocycles. The number of rotatable bonds is 1. The van der Waals surface area contributed by atoms with E-state index in [0.717, 1.165) is 27.2 Å². The molecule has 0 aliphatic carbocycles. The number of fused-ring (bicyclic) bond motifs is 3. The maximum absolute atomic E-state index is 11.6. The SMILES string of the molecule is Cc1cnc2c(ccc3ccccc32)c1C(=O)Cl. The first-order valence-electron chi connectivity index (χ1n) is 5.65. The Kier molecular flexibility index (Phi) is 2.53. The van der Waals surface area contributed by atoms with Gasteiger partial charge in [0.05, 0.1) is 5.52 Å². The van der Waals surface area contributed by atoms with Crippen LogP contribution < -0.4 is 0 Å². The molecule has 18 heavy (non-hydrogen) atoms. The van der Waals surface area contributed by atoms with Gasteiger partial charge in [0.15, 0.2) is 0 Å². The van der Waals surface area contributed by atoms with Crippen LogP contribution in [0.25, 0.3) is 21.7 Å². The van der Waals surface area contributed by atoms with Crippen molar-refractivity contribution < 1.29 is 4.79 Å². The topological polar surface area (TPSA) is 30.0 Å². The number of pyridine rings is 1. The number of nitrogens with zero attached hydrogens (tertiary/aromatic N) is 1. The predicted octanol–water partition coefficient (Wildman–Crippen LogP) is 4.08. The zero-order valence-electron chi connectivity index (χ0n) is 9.77. The minimum atomic E-state index is -0.435. The van der Waals surface area contributed by atoms with Crippen LogP contribution in [-0.2, 0) is 0 Å². The maximum atomic E-state index is 11.6. The summed E-state index contributed by atoms with van der Waals surface area (Å²) in [5.41, 5.74) is 2.17. The third kappa shape index (κ3) is 1.57. The van der Waals surface area contributed by atoms with Crippen molar-refractivity contribution in [2.24, 2.45) is 0 Å². The first kappa shape index (κ1) is 11.2. The molecule has 0 spiro atoms. The van der Waals surface area contributed by atoms with Crippen LogP contribution in [0.5, 0.6) is 0 Å². The van der Waals surface area contributed by atoms with Crippen LogP contribution in [0.2, 0.25) is 0 Å². The summed E-state index contributed by atoms with van der Waals surface area (Å²) in [6.07, 6.45) is 1.70. The van der Waals surface area contributed by atoms with E-state index < -0.39 is 5.24 Å². The number of hydrogen-bond acceptors (Lipinski definition) is 2. The fourth-order valence-electron chi connectivity index (χ4n) is 2.30. The van der Waals surface area contributed by atoms with Crippen molar-refractivity contribution in [3.8, 4) is 0 Å². The average molecular weight is 256 g/mol. The molecule has 1 heterocycles. The summed E-state index contributed by atoms with van der Waals surface area (Å²) in [5, 5.41) is 2.52. The number of aromatic nitrogens is 1. The first-order chi connectivity index (χ1) is 8.68. The Morgan fingerprint density at radius 2 is 1.89 bits per heavy atom. The molecule has 0 unspecified atom stereocenters. The highest BCUT2D eigenvalue weighted by atomic mass is 35.5. The molecule has 0 aliphatic rings. The zero-order valence-corrected chi connectivity index (χ0v) is 10.5. The van der Waals surface area contributed by atoms with Gasteiger partial charge in [0.2, 0.25) is 0 Å². The summed E-state index contributed by atoms with van der Waals surface area (Å²) < 4.78 is 0. The van der Waals surface area contributed by atoms with Crippen molar-refractivity contribution in [1.29, 1.82) is 0 Å². The Bertz CT molecular complexity index is 780. The zero-order chi connectivity index (χ0) is 12.7. The summed E-state index contributed by atoms with van der Waals surface area (Å²) in [4.78, 5) is 16.0. The van der Waals surface area contributed by atoms with Crippen LogP contribution in [0, 0.1) is 6.92 Å². The van der Waals surface area contributed by atoms with E-state index in [-0.39, 0.29) is 0 Å². The van der Waals surface area contributed by atoms with Gasteiger partial charge in [-0.2, -0.15) is 0 Å². The number of hydrogen-bond donors (Lipinski definition) is 0. The van der Waals surface area contributed by atoms with Crippen LogP contribution in [0.1, 0.15) is 15.9 Å². The monoisotopic (exact) mass is 255 g/mol. The summed E-state index contributed by atoms with van der Waals surface area (Å²) >= 11 is 5.67. The van der Waals surface area contributed by atoms with Gasteiger partial charge in [0.1, 0.15) is 0 Å². The first-order valence-corrected chi connectivity index (χ1v) is 6.03. The highest BCUT2D eigenvalue weighted by Gasteiger charge is 2.13. The third-order valence-electron chi connectivity index (χ3n) is 3.15. The molecule has 2 nitrogen and oxygen atoms in total. The molecule has 3 heteroatoms. The maximum Gasteiger partial charge on any atom is 0.253 e. The van der Waals surface area contributed by atoms with Gasteiger partial charge in [-0.05, 0) is 29.5 Å². The van der Waals surface area contributed by atoms with Crippen LogP contribution >= 0.6 is 11.6 Å². The van der Waals surface area contributed by atoms with Gasteiger partial charge in [0, 0.05) is 22.5 Å². The van der Waals surface area contributed by atoms with Crippen molar-refractivity contribution in [3.63, 3.8) is 0 Å². The van der Waals surface area contributed by atoms with E-state index in [0.29, 0.717) is 5.56 Å². The summed E-state index contributed by atoms with van der Waals surface area (Å²) in [6, 6.07) is 11.9. The molecular formula is C15H10ClNO. The highest BCUT2D eigenvalue weighted by molar-refractivity contribution is 6.68. The Morgan fingerprint density at radius 3 is 2.67 bits per heavy atom. The molecule has 0 N–H and O–H groups in total. The van der Waals surface area contributed by atoms with Crippen molar-refractivity contribution >= 4 is 38.5 Å². The number of carbonyl (C=O) groups excluding carboxylic acids is 1. The molecule has 3 aromatic rings. The van der Waals surface area contributed by atoms with Crippen molar-refractivity contribution in [3.05, 3.63) is 53.7 Å². The van der Waals surface area contributed by atoms with E-state index in [2.05, 4.69) is 4.98 Å². The number of halogens is 1. The lowest BCUT2D eigenvalue weighted by atomic mass is 10.0. The van der Waals surface area contributed by atoms with Crippen LogP contribution in [-0.4, -0.2) is 10.2 Å². The fourth-order valence-corrected chi connectivity index (χ4v) is 2.55. The standard InChI is InChI=1S/C15H10ClNO/c1-9-8-17-14-11-5-3-2-4-10(11)6-7-12(14)13(9)15(16)18/h2-8H,1H3. The predicted molar refractivity (Wildman–Crippen MR) is 74.2 cm³/mol. The van der Waals surface area contributed by atoms with E-state index >= 15 is 0 Å². The Morgan fingerprint density at radius 1 is 1.11 bits per heavy atom. The largest absolute Gasteiger partial charge is 0.276 e. The molecule has 0 amide bonds. The molecule has 0 saturated heterocycles. The third-order valence-corrected chi connectivity index (χ3v) is 3.34. The minimum absolute atomic E-state index is 0.435. The van der Waals surface area contributed by atoms with Gasteiger partial charge in [-0.25, -0.2) is 0 Å². The number of carbonyl (C=O) groups is 1. The average Bonchev–Trinajstić information content (AvgIpc) is 2.37. The second kappa shape index (κ2) is 4.07. The molecule has 2 aromatic carbocycles. The molecule has 0 aliphatic heterocycles. The second-order valence-electron chi connectivity index (χ2n) is 4.27. The van der Waals surface area contributed by atoms with Gasteiger partial charge in [0.25, 0.3) is 5.24 Å². The van der Waals surface area contributed by atoms with E-state index in [4.69, 9.17) is 11.6 Å². The van der Waals surface area contributed by atoms with E-state index in [1.54, 1.807) is 6.20 Å². The molecule has 3 rings (SSSR count). The highest BCUT2D eigenvalue weighted by Crippen LogP contribution is 2.28. The van der Waals surface area contributed by atoms with Crippen LogP contribution in [0.3, 0.4) is 0 Å². The summed E-state index contributed by atoms with van der Waals surface area (Å²) in [7, 11) is 0. The van der Waals surface area contributed by atoms with Crippen molar-refractivity contribution in [1.82, 2.24) is 4.98 Å². The van der Waals surface area contributed by atoms with Crippen LogP contribution in [0.15, 0.2) is 42.6 Å². The van der Waals surface area contributed by atoms with Gasteiger partial charge in [-0.1, -0.05) is 36.4 Å². The summed E-state index contributed by atoms with van der Waals surface area (Å²) in [5.74, 6) is 0. The number of benzene rings is 2. The Hall–Kier alpha value is -1.93. The lowest BCUT2D eigenvalue weighted by Crippen LogP contribution is -1.97. The quantitative estimate of drug-likeness (QED) is 0.485. The second-order valence-corrected chi connectivity index (χ2v) is 4.62. The van der Waals surface area contributed by atoms with Crippen molar-refractivity contribution in [2.75, 3.05) is 0 Å². The lowest BCUT2D eigenvalue weighted by Gasteiger charge is -2.08. The van der Waals surface area contributed by atoms with Crippen molar-refractivity contribution in [2.45, 2.75) is 6.92 Å². The smallest absolute Gasteiger partial charge is 0.253 e. The fraction of sp³-hybridized carbons (Fsp3) is 0.0667. The van der Waals surface area contributed by atoms with Crippen LogP contribution in [0.4, 0.5) is 0 Å². The molecular weight excluding hydrogens is 246 g/mol. The summed E-state index contributed by atoms with van der Waals surface area (Å²) in [6.45, 7) is 1.84. The Labute approximate surface area is 109 Å². The van der Waals surface area contributed by atoms with E-state index in [9.17, 15) is 4.79 Å².